The average Bonchev–Trinajstić information content (AvgIpc) is 1.96. The van der Waals surface area contributed by atoms with Crippen molar-refractivity contribution >= 4 is 20.4 Å². The third-order valence-electron chi connectivity index (χ3n) is 1.59. The van der Waals surface area contributed by atoms with Crippen molar-refractivity contribution in [3.05, 3.63) is 0 Å². The van der Waals surface area contributed by atoms with E-state index >= 15 is 0 Å². The second-order valence-corrected chi connectivity index (χ2v) is 3.99. The van der Waals surface area contributed by atoms with Crippen LogP contribution >= 0.6 is 20.4 Å². The van der Waals surface area contributed by atoms with Crippen molar-refractivity contribution in [1.29, 1.82) is 0 Å². The van der Waals surface area contributed by atoms with Crippen LogP contribution in [-0.2, 0) is 4.57 Å². The molecule has 0 aromatic heterocycles. The first-order chi connectivity index (χ1) is 5.27. The fraction of sp³-hybridized carbons (Fsp3) is 1.00. The lowest BCUT2D eigenvalue weighted by atomic mass is 10.2. The molecular weight excluding hydrogens is 197 g/mol. The summed E-state index contributed by atoms with van der Waals surface area (Å²) in [6.45, 7) is 0.761. The summed E-state index contributed by atoms with van der Waals surface area (Å²) in [6, 6.07) is 0. The van der Waals surface area contributed by atoms with Gasteiger partial charge in [-0.05, 0) is 19.4 Å². The molecule has 3 nitrogen and oxygen atoms in total. The highest BCUT2D eigenvalue weighted by molar-refractivity contribution is 7.37. The molecule has 0 aliphatic heterocycles. The van der Waals surface area contributed by atoms with Crippen molar-refractivity contribution in [2.45, 2.75) is 32.1 Å². The van der Waals surface area contributed by atoms with Crippen LogP contribution in [0.5, 0.6) is 0 Å². The lowest BCUT2D eigenvalue weighted by Gasteiger charge is -1.97. The van der Waals surface area contributed by atoms with Crippen molar-refractivity contribution < 1.29 is 9.46 Å². The molecule has 0 aromatic carbocycles. The molecule has 1 atom stereocenters. The molecule has 0 aliphatic carbocycles. The van der Waals surface area contributed by atoms with Crippen molar-refractivity contribution in [1.82, 2.24) is 0 Å². The third kappa shape index (κ3) is 13.1. The monoisotopic (exact) mass is 215 g/mol. The first-order valence-electron chi connectivity index (χ1n) is 4.19. The van der Waals surface area contributed by atoms with Gasteiger partial charge in [-0.15, -0.1) is 12.4 Å². The summed E-state index contributed by atoms with van der Waals surface area (Å²) in [4.78, 5) is 8.48. The Hall–Kier alpha value is 0.440. The van der Waals surface area contributed by atoms with E-state index in [4.69, 9.17) is 10.6 Å². The molecule has 0 bridgehead atoms. The molecule has 0 saturated heterocycles. The highest BCUT2D eigenvalue weighted by atomic mass is 35.5. The molecule has 5 heteroatoms. The van der Waals surface area contributed by atoms with Gasteiger partial charge >= 0.3 is 0 Å². The van der Waals surface area contributed by atoms with E-state index in [0.717, 1.165) is 38.6 Å². The Bertz CT molecular complexity index is 114. The fourth-order valence-electron chi connectivity index (χ4n) is 0.951. The average molecular weight is 216 g/mol. The lowest BCUT2D eigenvalue weighted by molar-refractivity contribution is 0.499. The molecule has 0 saturated carbocycles. The zero-order valence-electron chi connectivity index (χ0n) is 7.29. The molecule has 0 spiro atoms. The zero-order valence-corrected chi connectivity index (χ0v) is 9.11. The van der Waals surface area contributed by atoms with Crippen LogP contribution in [0.1, 0.15) is 32.1 Å². The van der Waals surface area contributed by atoms with Crippen molar-refractivity contribution in [2.75, 3.05) is 12.7 Å². The summed E-state index contributed by atoms with van der Waals surface area (Å²) in [6.07, 6.45) is 5.83. The molecule has 0 rings (SSSR count). The van der Waals surface area contributed by atoms with Gasteiger partial charge in [-0.1, -0.05) is 19.3 Å². The molecule has 0 aromatic rings. The van der Waals surface area contributed by atoms with Gasteiger partial charge in [-0.25, -0.2) is 0 Å². The number of hydrogen-bond acceptors (Lipinski definition) is 2. The molecule has 0 aliphatic rings. The minimum Gasteiger partial charge on any atom is -0.346 e. The summed E-state index contributed by atoms with van der Waals surface area (Å²) >= 11 is 0. The lowest BCUT2D eigenvalue weighted by Crippen LogP contribution is -1.97. The Morgan fingerprint density at radius 1 is 1.08 bits per heavy atom. The Labute approximate surface area is 81.0 Å². The van der Waals surface area contributed by atoms with E-state index in [0.29, 0.717) is 6.16 Å². The maximum Gasteiger partial charge on any atom is 0.189 e. The smallest absolute Gasteiger partial charge is 0.189 e. The normalized spacial score (nSPS) is 12.2. The van der Waals surface area contributed by atoms with Crippen LogP contribution in [-0.4, -0.2) is 17.6 Å². The highest BCUT2D eigenvalue weighted by Crippen LogP contribution is 2.16. The van der Waals surface area contributed by atoms with E-state index in [1.807, 2.05) is 0 Å². The highest BCUT2D eigenvalue weighted by Gasteiger charge is 1.93. The van der Waals surface area contributed by atoms with Gasteiger partial charge in [0, 0.05) is 6.16 Å². The Morgan fingerprint density at radius 3 is 2.08 bits per heavy atom. The number of hydrogen-bond donors (Lipinski definition) is 2. The topological polar surface area (TPSA) is 63.3 Å². The molecule has 0 fully saturated rings. The van der Waals surface area contributed by atoms with E-state index in [1.165, 1.54) is 0 Å². The van der Waals surface area contributed by atoms with E-state index in [9.17, 15) is 4.57 Å². The number of halogens is 1. The molecule has 76 valence electrons. The van der Waals surface area contributed by atoms with Gasteiger partial charge in [0.2, 0.25) is 0 Å². The summed E-state index contributed by atoms with van der Waals surface area (Å²) in [7, 11) is -2.20. The van der Waals surface area contributed by atoms with Crippen LogP contribution in [0.3, 0.4) is 0 Å². The predicted molar refractivity (Wildman–Crippen MR) is 55.5 cm³/mol. The van der Waals surface area contributed by atoms with Crippen LogP contribution in [0.2, 0.25) is 0 Å². The Balaban J connectivity index is 0. The standard InChI is InChI=1S/C7H18NO2P.ClH/c8-6-4-2-1-3-5-7-11(9)10;/h11H,1-8H2,(H,9,10);1H. The van der Waals surface area contributed by atoms with Gasteiger partial charge in [0.15, 0.2) is 8.03 Å². The van der Waals surface area contributed by atoms with Gasteiger partial charge in [-0.2, -0.15) is 0 Å². The van der Waals surface area contributed by atoms with Crippen LogP contribution in [0.4, 0.5) is 0 Å². The minimum absolute atomic E-state index is 0. The number of rotatable bonds is 7. The SMILES string of the molecule is Cl.NCCCCCCC[PH](=O)O. The predicted octanol–water partition coefficient (Wildman–Crippen LogP) is 1.78. The molecule has 0 heterocycles. The summed E-state index contributed by atoms with van der Waals surface area (Å²) < 4.78 is 10.3. The van der Waals surface area contributed by atoms with Gasteiger partial charge in [-0.3, -0.25) is 4.57 Å². The molecule has 1 unspecified atom stereocenters. The zero-order chi connectivity index (χ0) is 8.53. The van der Waals surface area contributed by atoms with E-state index in [-0.39, 0.29) is 12.4 Å². The largest absolute Gasteiger partial charge is 0.346 e. The van der Waals surface area contributed by atoms with Crippen LogP contribution in [0.25, 0.3) is 0 Å². The number of unbranched alkanes of at least 4 members (excludes halogenated alkanes) is 4. The fourth-order valence-corrected chi connectivity index (χ4v) is 1.50. The molecular formula is C7H19ClNO2P. The van der Waals surface area contributed by atoms with Crippen LogP contribution in [0, 0.1) is 0 Å². The number of nitrogens with two attached hydrogens (primary N) is 1. The van der Waals surface area contributed by atoms with E-state index < -0.39 is 8.03 Å². The molecule has 12 heavy (non-hydrogen) atoms. The summed E-state index contributed by atoms with van der Waals surface area (Å²) in [5, 5.41) is 0. The second kappa shape index (κ2) is 11.4. The quantitative estimate of drug-likeness (QED) is 0.503. The second-order valence-electron chi connectivity index (χ2n) is 2.70. The van der Waals surface area contributed by atoms with Crippen molar-refractivity contribution in [3.63, 3.8) is 0 Å². The Kier molecular flexibility index (Phi) is 14.2. The van der Waals surface area contributed by atoms with Gasteiger partial charge < -0.3 is 10.6 Å². The minimum atomic E-state index is -2.20. The third-order valence-corrected chi connectivity index (χ3v) is 2.38. The van der Waals surface area contributed by atoms with Crippen LogP contribution < -0.4 is 5.73 Å². The van der Waals surface area contributed by atoms with Crippen LogP contribution in [0.15, 0.2) is 0 Å². The molecule has 0 radical (unpaired) electrons. The van der Waals surface area contributed by atoms with Crippen molar-refractivity contribution in [2.24, 2.45) is 5.73 Å². The maximum atomic E-state index is 10.3. The summed E-state index contributed by atoms with van der Waals surface area (Å²) in [5.41, 5.74) is 5.31. The van der Waals surface area contributed by atoms with Gasteiger partial charge in [0.25, 0.3) is 0 Å². The van der Waals surface area contributed by atoms with Crippen molar-refractivity contribution in [3.8, 4) is 0 Å². The summed E-state index contributed by atoms with van der Waals surface area (Å²) in [5.74, 6) is 0. The first-order valence-corrected chi connectivity index (χ1v) is 5.75. The van der Waals surface area contributed by atoms with Gasteiger partial charge in [0.05, 0.1) is 0 Å². The van der Waals surface area contributed by atoms with E-state index in [1.54, 1.807) is 0 Å². The van der Waals surface area contributed by atoms with Gasteiger partial charge in [0.1, 0.15) is 0 Å². The molecule has 3 N–H and O–H groups in total. The maximum absolute atomic E-state index is 10.3. The Morgan fingerprint density at radius 2 is 1.58 bits per heavy atom. The van der Waals surface area contributed by atoms with E-state index in [2.05, 4.69) is 0 Å². The molecule has 0 amide bonds. The first kappa shape index (κ1) is 14.9.